The van der Waals surface area contributed by atoms with Gasteiger partial charge in [-0.1, -0.05) is 0 Å². The van der Waals surface area contributed by atoms with Crippen molar-refractivity contribution in [1.82, 2.24) is 15.0 Å². The zero-order chi connectivity index (χ0) is 57.3. The number of methoxy groups -OCH3 is 2. The van der Waals surface area contributed by atoms with Crippen molar-refractivity contribution in [1.29, 1.82) is 0 Å². The molecule has 0 spiro atoms. The molecule has 412 valence electrons. The van der Waals surface area contributed by atoms with E-state index in [1.54, 1.807) is 0 Å². The molecule has 1 heterocycles. The van der Waals surface area contributed by atoms with Crippen LogP contribution >= 0.6 is 0 Å². The van der Waals surface area contributed by atoms with Crippen molar-refractivity contribution in [2.45, 2.75) is 19.6 Å². The zero-order valence-corrected chi connectivity index (χ0v) is 44.1. The SMILES string of the molecule is COc1cc(Nc2nc(NCCS(=O)(=O)O)nc(Nc3ccc(N=Nc4ccc(N=Nc5ccc(S(=O)(=O)O)cc5)cc4S(=O)(=O)O)c(OC)c3)n2)ccc1N=Nc1ccc(N=Nc2ccc(S(=O)(=O)O)cc2)cc1S(=O)(=O)O. The van der Waals surface area contributed by atoms with Gasteiger partial charge >= 0.3 is 0 Å². The van der Waals surface area contributed by atoms with Crippen molar-refractivity contribution < 1.29 is 74.3 Å². The van der Waals surface area contributed by atoms with Gasteiger partial charge in [0.05, 0.1) is 52.5 Å². The summed E-state index contributed by atoms with van der Waals surface area (Å²) in [6.07, 6.45) is 0. The van der Waals surface area contributed by atoms with Gasteiger partial charge < -0.3 is 25.4 Å². The van der Waals surface area contributed by atoms with Gasteiger partial charge in [-0.15, -0.1) is 20.5 Å². The molecule has 0 amide bonds. The molecule has 7 aromatic rings. The number of benzene rings is 6. The summed E-state index contributed by atoms with van der Waals surface area (Å²) < 4.78 is 176. The van der Waals surface area contributed by atoms with Crippen LogP contribution in [0.15, 0.2) is 182 Å². The Bertz CT molecular complexity index is 3930. The first-order valence-corrected chi connectivity index (χ1v) is 28.9. The van der Waals surface area contributed by atoms with Crippen molar-refractivity contribution in [3.8, 4) is 11.5 Å². The van der Waals surface area contributed by atoms with Gasteiger partial charge in [-0.05, 0) is 109 Å². The van der Waals surface area contributed by atoms with Crippen molar-refractivity contribution in [2.75, 3.05) is 42.5 Å². The fraction of sp³-hybridized carbons (Fsp3) is 0.0930. The highest BCUT2D eigenvalue weighted by molar-refractivity contribution is 7.87. The Balaban J connectivity index is 1.10. The molecule has 1 aromatic heterocycles. The van der Waals surface area contributed by atoms with Crippen molar-refractivity contribution in [3.63, 3.8) is 0 Å². The fourth-order valence-corrected chi connectivity index (χ4v) is 8.92. The van der Waals surface area contributed by atoms with E-state index in [1.807, 2.05) is 0 Å². The van der Waals surface area contributed by atoms with Crippen LogP contribution in [0.5, 0.6) is 11.5 Å². The summed E-state index contributed by atoms with van der Waals surface area (Å²) in [4.78, 5) is 10.8. The second-order valence-corrected chi connectivity index (χ2v) is 22.7. The third-order valence-electron chi connectivity index (χ3n) is 9.95. The maximum absolute atomic E-state index is 12.4. The number of azo groups is 4. The molecule has 0 unspecified atom stereocenters. The van der Waals surface area contributed by atoms with Crippen LogP contribution in [0, 0.1) is 0 Å². The van der Waals surface area contributed by atoms with Gasteiger partial charge in [0.2, 0.25) is 17.8 Å². The lowest BCUT2D eigenvalue weighted by molar-refractivity contribution is 0.416. The predicted octanol–water partition coefficient (Wildman–Crippen LogP) is 9.32. The molecule has 0 saturated carbocycles. The average molecular weight is 1180 g/mol. The highest BCUT2D eigenvalue weighted by Gasteiger charge is 2.20. The van der Waals surface area contributed by atoms with Gasteiger partial charge in [0.15, 0.2) is 0 Å². The van der Waals surface area contributed by atoms with E-state index in [2.05, 4.69) is 71.8 Å². The minimum atomic E-state index is -4.92. The first-order chi connectivity index (χ1) is 37.1. The Kier molecular flexibility index (Phi) is 17.5. The van der Waals surface area contributed by atoms with Gasteiger partial charge in [-0.3, -0.25) is 22.8 Å². The Morgan fingerprint density at radius 2 is 0.747 bits per heavy atom. The third kappa shape index (κ3) is 16.4. The Morgan fingerprint density at radius 3 is 1.10 bits per heavy atom. The number of nitrogens with one attached hydrogen (secondary N) is 3. The number of hydrogen-bond donors (Lipinski definition) is 8. The van der Waals surface area contributed by atoms with Crippen LogP contribution in [0.3, 0.4) is 0 Å². The van der Waals surface area contributed by atoms with E-state index in [0.717, 1.165) is 36.4 Å². The van der Waals surface area contributed by atoms with Crippen LogP contribution in [-0.4, -0.2) is 106 Å². The van der Waals surface area contributed by atoms with Crippen LogP contribution in [0.4, 0.5) is 74.7 Å². The summed E-state index contributed by atoms with van der Waals surface area (Å²) in [5.74, 6) is -1.01. The molecule has 0 aliphatic heterocycles. The summed E-state index contributed by atoms with van der Waals surface area (Å²) in [6, 6.07) is 24.8. The molecule has 8 N–H and O–H groups in total. The summed E-state index contributed by atoms with van der Waals surface area (Å²) in [5.41, 5.74) is 0.241. The third-order valence-corrected chi connectivity index (χ3v) is 14.2. The van der Waals surface area contributed by atoms with Gasteiger partial charge in [0.1, 0.15) is 44.0 Å². The number of aromatic nitrogens is 3. The molecular formula is C43H38N14O17S5. The van der Waals surface area contributed by atoms with E-state index in [9.17, 15) is 64.9 Å². The average Bonchev–Trinajstić information content (AvgIpc) is 3.41. The highest BCUT2D eigenvalue weighted by Crippen LogP contribution is 2.38. The smallest absolute Gasteiger partial charge is 0.296 e. The lowest BCUT2D eigenvalue weighted by atomic mass is 10.2. The standard InChI is InChI=1S/C43H38N14O17S5/c1-73-37-21-27(7-15-33(37)54-56-35-17-9-29(23-39(35)78(67,68)69)52-50-25-3-11-31(12-4-25)76(61,62)63)45-42-47-41(44-19-20-75(58,59)60)48-43(49-42)46-28-8-16-34(38(22-28)74-2)55-57-36-18-10-30(24-40(36)79(70,71)72)53-51-26-5-13-32(14-6-26)77(64,65)66/h3-18,21-24H,19-20H2,1-2H3,(H,58,59,60)(H,61,62,63)(H,64,65,66)(H,67,68,69)(H,70,71,72)(H3,44,45,46,47,48,49). The minimum Gasteiger partial charge on any atom is -0.494 e. The fourth-order valence-electron chi connectivity index (χ4n) is 6.32. The van der Waals surface area contributed by atoms with Crippen molar-refractivity contribution >= 4 is 125 Å². The van der Waals surface area contributed by atoms with Crippen molar-refractivity contribution in [2.24, 2.45) is 40.9 Å². The number of rotatable bonds is 22. The van der Waals surface area contributed by atoms with Crippen LogP contribution in [0.1, 0.15) is 0 Å². The van der Waals surface area contributed by atoms with E-state index in [4.69, 9.17) is 9.47 Å². The predicted molar refractivity (Wildman–Crippen MR) is 279 cm³/mol. The Morgan fingerprint density at radius 1 is 0.405 bits per heavy atom. The normalized spacial score (nSPS) is 12.6. The Hall–Kier alpha value is -8.72. The molecule has 79 heavy (non-hydrogen) atoms. The minimum absolute atomic E-state index is 0.0525. The lowest BCUT2D eigenvalue weighted by Gasteiger charge is -2.13. The molecule has 0 fully saturated rings. The Labute approximate surface area is 448 Å². The molecule has 31 nitrogen and oxygen atoms in total. The second kappa shape index (κ2) is 23.9. The van der Waals surface area contributed by atoms with Gasteiger partial charge in [-0.2, -0.15) is 77.5 Å². The van der Waals surface area contributed by atoms with Crippen LogP contribution < -0.4 is 25.4 Å². The van der Waals surface area contributed by atoms with E-state index in [0.29, 0.717) is 0 Å². The van der Waals surface area contributed by atoms with E-state index >= 15 is 0 Å². The summed E-state index contributed by atoms with van der Waals surface area (Å²) >= 11 is 0. The summed E-state index contributed by atoms with van der Waals surface area (Å²) in [6.45, 7) is -0.340. The first kappa shape index (κ1) is 58.0. The maximum Gasteiger partial charge on any atom is 0.296 e. The molecule has 0 aliphatic rings. The van der Waals surface area contributed by atoms with E-state index in [-0.39, 0.29) is 103 Å². The van der Waals surface area contributed by atoms with E-state index < -0.39 is 66.1 Å². The monoisotopic (exact) mass is 1180 g/mol. The van der Waals surface area contributed by atoms with Crippen LogP contribution in [-0.2, 0) is 50.6 Å². The van der Waals surface area contributed by atoms with Gasteiger partial charge in [-0.25, -0.2) is 0 Å². The highest BCUT2D eigenvalue weighted by atomic mass is 32.2. The van der Waals surface area contributed by atoms with Crippen LogP contribution in [0.2, 0.25) is 0 Å². The number of anilines is 5. The van der Waals surface area contributed by atoms with Crippen molar-refractivity contribution in [3.05, 3.63) is 121 Å². The largest absolute Gasteiger partial charge is 0.494 e. The molecule has 0 saturated heterocycles. The maximum atomic E-state index is 12.4. The second-order valence-electron chi connectivity index (χ2n) is 15.5. The molecule has 36 heteroatoms. The van der Waals surface area contributed by atoms with E-state index in [1.165, 1.54) is 99.1 Å². The van der Waals surface area contributed by atoms with Gasteiger partial charge in [0.25, 0.3) is 50.6 Å². The summed E-state index contributed by atoms with van der Waals surface area (Å²) in [5, 5.41) is 40.4. The zero-order valence-electron chi connectivity index (χ0n) is 40.1. The number of ether oxygens (including phenoxy) is 2. The molecule has 6 aromatic carbocycles. The quantitative estimate of drug-likeness (QED) is 0.0231. The molecule has 0 aliphatic carbocycles. The molecular weight excluding hydrogens is 1140 g/mol. The first-order valence-electron chi connectivity index (χ1n) is 21.5. The van der Waals surface area contributed by atoms with Crippen LogP contribution in [0.25, 0.3) is 0 Å². The molecule has 0 radical (unpaired) electrons. The molecule has 0 bridgehead atoms. The lowest BCUT2D eigenvalue weighted by Crippen LogP contribution is -2.17. The van der Waals surface area contributed by atoms with Gasteiger partial charge in [0, 0.05) is 30.1 Å². The topological polar surface area (TPSA) is 464 Å². The number of hydrogen-bond acceptors (Lipinski definition) is 26. The molecule has 0 atom stereocenters. The molecule has 7 rings (SSSR count). The summed E-state index contributed by atoms with van der Waals surface area (Å²) in [7, 11) is -20.6. The number of nitrogens with zero attached hydrogens (tertiary/aromatic N) is 11.